The Morgan fingerprint density at radius 3 is 2.41 bits per heavy atom. The molecule has 144 valence electrons. The topological polar surface area (TPSA) is 118 Å². The highest BCUT2D eigenvalue weighted by Gasteiger charge is 2.22. The Bertz CT molecular complexity index is 830. The number of carboxylic acid groups (broad SMARTS) is 1. The molecule has 2 N–H and O–H groups in total. The fourth-order valence-electron chi connectivity index (χ4n) is 2.32. The SMILES string of the molecule is COc1cc(NC(=O)c2ccco2)c(C(=O)N(C)CCC(=O)O)cc1OC. The minimum absolute atomic E-state index is 0.00802. The van der Waals surface area contributed by atoms with Gasteiger partial charge in [0.15, 0.2) is 17.3 Å². The number of amides is 2. The van der Waals surface area contributed by atoms with Crippen molar-refractivity contribution in [2.24, 2.45) is 0 Å². The number of benzene rings is 1. The molecule has 27 heavy (non-hydrogen) atoms. The summed E-state index contributed by atoms with van der Waals surface area (Å²) in [6, 6.07) is 5.93. The van der Waals surface area contributed by atoms with Crippen LogP contribution in [0.3, 0.4) is 0 Å². The Balaban J connectivity index is 2.38. The van der Waals surface area contributed by atoms with E-state index in [4.69, 9.17) is 19.0 Å². The lowest BCUT2D eigenvalue weighted by molar-refractivity contribution is -0.137. The number of hydrogen-bond donors (Lipinski definition) is 2. The minimum Gasteiger partial charge on any atom is -0.493 e. The predicted molar refractivity (Wildman–Crippen MR) is 95.4 cm³/mol. The summed E-state index contributed by atoms with van der Waals surface area (Å²) in [4.78, 5) is 37.1. The van der Waals surface area contributed by atoms with E-state index in [0.29, 0.717) is 11.5 Å². The maximum Gasteiger partial charge on any atom is 0.305 e. The van der Waals surface area contributed by atoms with Gasteiger partial charge >= 0.3 is 5.97 Å². The molecule has 0 aliphatic carbocycles. The number of aliphatic carboxylic acids is 1. The minimum atomic E-state index is -1.02. The molecule has 1 aromatic carbocycles. The number of rotatable bonds is 8. The number of hydrogen-bond acceptors (Lipinski definition) is 6. The first-order valence-electron chi connectivity index (χ1n) is 7.95. The van der Waals surface area contributed by atoms with E-state index < -0.39 is 17.8 Å². The highest BCUT2D eigenvalue weighted by Crippen LogP contribution is 2.34. The fraction of sp³-hybridized carbons (Fsp3) is 0.278. The highest BCUT2D eigenvalue weighted by atomic mass is 16.5. The van der Waals surface area contributed by atoms with Crippen LogP contribution in [0.25, 0.3) is 0 Å². The van der Waals surface area contributed by atoms with Gasteiger partial charge in [0.25, 0.3) is 11.8 Å². The van der Waals surface area contributed by atoms with Crippen molar-refractivity contribution in [2.45, 2.75) is 6.42 Å². The Labute approximate surface area is 155 Å². The number of furan rings is 1. The number of methoxy groups -OCH3 is 2. The van der Waals surface area contributed by atoms with E-state index in [1.54, 1.807) is 6.07 Å². The van der Waals surface area contributed by atoms with Crippen molar-refractivity contribution < 1.29 is 33.4 Å². The predicted octanol–water partition coefficient (Wildman–Crippen LogP) is 2.10. The molecule has 0 spiro atoms. The number of carboxylic acids is 1. The van der Waals surface area contributed by atoms with Gasteiger partial charge in [-0.2, -0.15) is 0 Å². The molecule has 0 fully saturated rings. The van der Waals surface area contributed by atoms with Crippen LogP contribution in [0, 0.1) is 0 Å². The van der Waals surface area contributed by atoms with Crippen LogP contribution < -0.4 is 14.8 Å². The van der Waals surface area contributed by atoms with E-state index >= 15 is 0 Å². The summed E-state index contributed by atoms with van der Waals surface area (Å²) >= 11 is 0. The number of anilines is 1. The standard InChI is InChI=1S/C18H20N2O7/c1-20(7-6-16(21)22)18(24)11-9-14(25-2)15(26-3)10-12(11)19-17(23)13-5-4-8-27-13/h4-5,8-10H,6-7H2,1-3H3,(H,19,23)(H,21,22). The molecule has 0 aliphatic rings. The smallest absolute Gasteiger partial charge is 0.305 e. The molecule has 0 atom stereocenters. The molecule has 1 aromatic heterocycles. The van der Waals surface area contributed by atoms with Crippen molar-refractivity contribution >= 4 is 23.5 Å². The number of carbonyl (C=O) groups excluding carboxylic acids is 2. The zero-order valence-corrected chi connectivity index (χ0v) is 15.1. The molecule has 9 nitrogen and oxygen atoms in total. The van der Waals surface area contributed by atoms with E-state index in [1.807, 2.05) is 0 Å². The number of nitrogens with one attached hydrogen (secondary N) is 1. The van der Waals surface area contributed by atoms with Crippen LogP contribution in [-0.4, -0.2) is 55.6 Å². The Kier molecular flexibility index (Phi) is 6.42. The lowest BCUT2D eigenvalue weighted by atomic mass is 10.1. The molecule has 0 bridgehead atoms. The van der Waals surface area contributed by atoms with Crippen molar-refractivity contribution in [1.29, 1.82) is 0 Å². The quantitative estimate of drug-likeness (QED) is 0.724. The molecule has 2 rings (SSSR count). The molecule has 0 aliphatic heterocycles. The van der Waals surface area contributed by atoms with Gasteiger partial charge in [0.1, 0.15) is 0 Å². The summed E-state index contributed by atoms with van der Waals surface area (Å²) in [5.41, 5.74) is 0.307. The molecule has 1 heterocycles. The first-order valence-corrected chi connectivity index (χ1v) is 7.95. The van der Waals surface area contributed by atoms with E-state index in [0.717, 1.165) is 0 Å². The maximum atomic E-state index is 12.8. The van der Waals surface area contributed by atoms with Gasteiger partial charge in [-0.3, -0.25) is 14.4 Å². The molecule has 0 radical (unpaired) electrons. The van der Waals surface area contributed by atoms with Crippen LogP contribution in [0.15, 0.2) is 34.9 Å². The average Bonchev–Trinajstić information content (AvgIpc) is 3.19. The summed E-state index contributed by atoms with van der Waals surface area (Å²) in [5.74, 6) is -1.36. The first-order chi connectivity index (χ1) is 12.9. The highest BCUT2D eigenvalue weighted by molar-refractivity contribution is 6.08. The summed E-state index contributed by atoms with van der Waals surface area (Å²) < 4.78 is 15.5. The van der Waals surface area contributed by atoms with Crippen LogP contribution in [0.1, 0.15) is 27.3 Å². The zero-order valence-electron chi connectivity index (χ0n) is 15.1. The third kappa shape index (κ3) is 4.78. The van der Waals surface area contributed by atoms with E-state index in [2.05, 4.69) is 5.32 Å². The van der Waals surface area contributed by atoms with E-state index in [-0.39, 0.29) is 30.0 Å². The van der Waals surface area contributed by atoms with Gasteiger partial charge in [-0.1, -0.05) is 0 Å². The van der Waals surface area contributed by atoms with Crippen molar-refractivity contribution in [3.63, 3.8) is 0 Å². The van der Waals surface area contributed by atoms with Crippen LogP contribution in [0.5, 0.6) is 11.5 Å². The van der Waals surface area contributed by atoms with Crippen molar-refractivity contribution in [3.8, 4) is 11.5 Å². The summed E-state index contributed by atoms with van der Waals surface area (Å²) in [6.07, 6.45) is 1.15. The van der Waals surface area contributed by atoms with E-state index in [1.165, 1.54) is 50.6 Å². The van der Waals surface area contributed by atoms with E-state index in [9.17, 15) is 14.4 Å². The first kappa shape index (κ1) is 19.8. The average molecular weight is 376 g/mol. The molecule has 0 saturated heterocycles. The number of carbonyl (C=O) groups is 3. The summed E-state index contributed by atoms with van der Waals surface area (Å²) in [5, 5.41) is 11.4. The molecule has 2 aromatic rings. The summed E-state index contributed by atoms with van der Waals surface area (Å²) in [7, 11) is 4.32. The molecule has 0 unspecified atom stereocenters. The van der Waals surface area contributed by atoms with Crippen LogP contribution >= 0.6 is 0 Å². The molecule has 9 heteroatoms. The molecular weight excluding hydrogens is 356 g/mol. The van der Waals surface area contributed by atoms with Gasteiger partial charge in [-0.25, -0.2) is 0 Å². The fourth-order valence-corrected chi connectivity index (χ4v) is 2.32. The third-order valence-electron chi connectivity index (χ3n) is 3.76. The molecule has 2 amide bonds. The lowest BCUT2D eigenvalue weighted by Crippen LogP contribution is -2.30. The van der Waals surface area contributed by atoms with Gasteiger partial charge in [-0.05, 0) is 18.2 Å². The van der Waals surface area contributed by atoms with Crippen molar-refractivity contribution in [3.05, 3.63) is 41.9 Å². The van der Waals surface area contributed by atoms with Crippen LogP contribution in [0.4, 0.5) is 5.69 Å². The number of ether oxygens (including phenoxy) is 2. The third-order valence-corrected chi connectivity index (χ3v) is 3.76. The van der Waals surface area contributed by atoms with Gasteiger partial charge in [-0.15, -0.1) is 0 Å². The van der Waals surface area contributed by atoms with Crippen LogP contribution in [0.2, 0.25) is 0 Å². The maximum absolute atomic E-state index is 12.8. The van der Waals surface area contributed by atoms with Crippen molar-refractivity contribution in [2.75, 3.05) is 33.1 Å². The molecular formula is C18H20N2O7. The van der Waals surface area contributed by atoms with Crippen molar-refractivity contribution in [1.82, 2.24) is 4.90 Å². The molecule has 0 saturated carbocycles. The van der Waals surface area contributed by atoms with Crippen LogP contribution in [-0.2, 0) is 4.79 Å². The second kappa shape index (κ2) is 8.75. The van der Waals surface area contributed by atoms with Gasteiger partial charge in [0.05, 0.1) is 38.2 Å². The summed E-state index contributed by atoms with van der Waals surface area (Å²) in [6.45, 7) is 0.00802. The Morgan fingerprint density at radius 2 is 1.85 bits per heavy atom. The Hall–Kier alpha value is -3.49. The van der Waals surface area contributed by atoms with Gasteiger partial charge in [0, 0.05) is 19.7 Å². The largest absolute Gasteiger partial charge is 0.493 e. The lowest BCUT2D eigenvalue weighted by Gasteiger charge is -2.20. The zero-order chi connectivity index (χ0) is 20.0. The number of nitrogens with zero attached hydrogens (tertiary/aromatic N) is 1. The van der Waals surface area contributed by atoms with Gasteiger partial charge < -0.3 is 29.2 Å². The second-order valence-electron chi connectivity index (χ2n) is 5.55. The normalized spacial score (nSPS) is 10.2. The van der Waals surface area contributed by atoms with Gasteiger partial charge in [0.2, 0.25) is 0 Å². The Morgan fingerprint density at radius 1 is 1.19 bits per heavy atom. The monoisotopic (exact) mass is 376 g/mol. The second-order valence-corrected chi connectivity index (χ2v) is 5.55.